The number of nitrogens with zero attached hydrogens (tertiary/aromatic N) is 2. The molecule has 6 heteroatoms. The van der Waals surface area contributed by atoms with Crippen molar-refractivity contribution in [3.8, 4) is 0 Å². The van der Waals surface area contributed by atoms with Crippen molar-refractivity contribution in [3.63, 3.8) is 0 Å². The van der Waals surface area contributed by atoms with Gasteiger partial charge in [0, 0.05) is 26.8 Å². The number of anilines is 1. The summed E-state index contributed by atoms with van der Waals surface area (Å²) in [5.41, 5.74) is 0.320. The van der Waals surface area contributed by atoms with Gasteiger partial charge < -0.3 is 15.4 Å². The number of nitrogens with one attached hydrogen (secondary N) is 2. The lowest BCUT2D eigenvalue weighted by molar-refractivity contribution is 0.0939. The van der Waals surface area contributed by atoms with Gasteiger partial charge in [-0.1, -0.05) is 0 Å². The van der Waals surface area contributed by atoms with E-state index < -0.39 is 0 Å². The highest BCUT2D eigenvalue weighted by Gasteiger charge is 2.06. The number of amides is 1. The Kier molecular flexibility index (Phi) is 5.95. The summed E-state index contributed by atoms with van der Waals surface area (Å²) < 4.78 is 5.16. The summed E-state index contributed by atoms with van der Waals surface area (Å²) in [6, 6.07) is 0. The molecule has 6 nitrogen and oxygen atoms in total. The van der Waals surface area contributed by atoms with Crippen LogP contribution in [-0.4, -0.2) is 42.7 Å². The van der Waals surface area contributed by atoms with Crippen LogP contribution in [0.4, 0.5) is 5.82 Å². The number of hydrogen-bond acceptors (Lipinski definition) is 5. The van der Waals surface area contributed by atoms with Crippen LogP contribution in [0, 0.1) is 0 Å². The van der Waals surface area contributed by atoms with Gasteiger partial charge in [-0.2, -0.15) is 0 Å². The van der Waals surface area contributed by atoms with Crippen LogP contribution in [0.5, 0.6) is 0 Å². The van der Waals surface area contributed by atoms with Crippen molar-refractivity contribution in [3.05, 3.63) is 18.1 Å². The molecule has 0 bridgehead atoms. The molecule has 0 spiro atoms. The number of aromatic nitrogens is 2. The van der Waals surface area contributed by atoms with Crippen LogP contribution in [0.1, 0.15) is 23.8 Å². The fraction of sp³-hybridized carbons (Fsp3) is 0.545. The Morgan fingerprint density at radius 2 is 2.24 bits per heavy atom. The minimum Gasteiger partial charge on any atom is -0.382 e. The predicted octanol–water partition coefficient (Wildman–Crippen LogP) is 0.675. The first-order valence-electron chi connectivity index (χ1n) is 5.63. The molecule has 1 aromatic rings. The van der Waals surface area contributed by atoms with Crippen LogP contribution in [-0.2, 0) is 4.74 Å². The Hall–Kier alpha value is -1.69. The molecule has 0 radical (unpaired) electrons. The van der Waals surface area contributed by atoms with Gasteiger partial charge in [-0.25, -0.2) is 9.97 Å². The highest BCUT2D eigenvalue weighted by Crippen LogP contribution is 1.99. The van der Waals surface area contributed by atoms with Gasteiger partial charge in [-0.05, 0) is 13.3 Å². The molecule has 0 saturated carbocycles. The zero-order valence-electron chi connectivity index (χ0n) is 10.2. The second-order valence-electron chi connectivity index (χ2n) is 3.34. The van der Waals surface area contributed by atoms with Crippen molar-refractivity contribution in [2.75, 3.05) is 32.1 Å². The monoisotopic (exact) mass is 238 g/mol. The van der Waals surface area contributed by atoms with Crippen LogP contribution in [0.2, 0.25) is 0 Å². The Morgan fingerprint density at radius 1 is 1.41 bits per heavy atom. The third-order valence-electron chi connectivity index (χ3n) is 2.10. The smallest absolute Gasteiger partial charge is 0.271 e. The molecule has 0 aliphatic carbocycles. The van der Waals surface area contributed by atoms with E-state index in [9.17, 15) is 4.79 Å². The van der Waals surface area contributed by atoms with Crippen molar-refractivity contribution in [2.45, 2.75) is 13.3 Å². The second kappa shape index (κ2) is 7.56. The lowest BCUT2D eigenvalue weighted by atomic mass is 10.4. The standard InChI is InChI=1S/C11H18N4O2/c1-3-17-6-4-5-13-11(16)9-7-15-10(12-2)8-14-9/h7-8H,3-6H2,1-2H3,(H,12,15)(H,13,16). The highest BCUT2D eigenvalue weighted by molar-refractivity contribution is 5.91. The topological polar surface area (TPSA) is 76.1 Å². The number of carbonyl (C=O) groups is 1. The average Bonchev–Trinajstić information content (AvgIpc) is 2.38. The first-order chi connectivity index (χ1) is 8.27. The predicted molar refractivity (Wildman–Crippen MR) is 65.0 cm³/mol. The van der Waals surface area contributed by atoms with E-state index in [4.69, 9.17) is 4.74 Å². The molecule has 0 aromatic carbocycles. The highest BCUT2D eigenvalue weighted by atomic mass is 16.5. The van der Waals surface area contributed by atoms with Gasteiger partial charge in [0.25, 0.3) is 5.91 Å². The summed E-state index contributed by atoms with van der Waals surface area (Å²) in [5, 5.41) is 5.59. The minimum absolute atomic E-state index is 0.211. The molecule has 0 aliphatic heterocycles. The fourth-order valence-corrected chi connectivity index (χ4v) is 1.19. The van der Waals surface area contributed by atoms with Gasteiger partial charge in [-0.3, -0.25) is 4.79 Å². The Bertz CT molecular complexity index is 340. The van der Waals surface area contributed by atoms with Crippen LogP contribution >= 0.6 is 0 Å². The van der Waals surface area contributed by atoms with Crippen molar-refractivity contribution < 1.29 is 9.53 Å². The third-order valence-corrected chi connectivity index (χ3v) is 2.10. The quantitative estimate of drug-likeness (QED) is 0.683. The molecule has 17 heavy (non-hydrogen) atoms. The van der Waals surface area contributed by atoms with Crippen molar-refractivity contribution in [1.82, 2.24) is 15.3 Å². The van der Waals surface area contributed by atoms with E-state index in [1.54, 1.807) is 7.05 Å². The van der Waals surface area contributed by atoms with Crippen LogP contribution in [0.3, 0.4) is 0 Å². The lowest BCUT2D eigenvalue weighted by Gasteiger charge is -2.05. The van der Waals surface area contributed by atoms with Gasteiger partial charge in [0.1, 0.15) is 11.5 Å². The van der Waals surface area contributed by atoms with E-state index in [0.717, 1.165) is 6.42 Å². The van der Waals surface area contributed by atoms with Gasteiger partial charge >= 0.3 is 0 Å². The van der Waals surface area contributed by atoms with Crippen molar-refractivity contribution >= 4 is 11.7 Å². The van der Waals surface area contributed by atoms with Crippen molar-refractivity contribution in [1.29, 1.82) is 0 Å². The van der Waals surface area contributed by atoms with Gasteiger partial charge in [0.05, 0.1) is 12.4 Å². The second-order valence-corrected chi connectivity index (χ2v) is 3.34. The van der Waals surface area contributed by atoms with Crippen LogP contribution in [0.25, 0.3) is 0 Å². The molecule has 94 valence electrons. The molecule has 1 rings (SSSR count). The molecule has 2 N–H and O–H groups in total. The number of hydrogen-bond donors (Lipinski definition) is 2. The van der Waals surface area contributed by atoms with E-state index in [-0.39, 0.29) is 5.91 Å². The first kappa shape index (κ1) is 13.4. The van der Waals surface area contributed by atoms with E-state index >= 15 is 0 Å². The Labute approximate surface area is 101 Å². The van der Waals surface area contributed by atoms with E-state index in [0.29, 0.717) is 31.3 Å². The Morgan fingerprint density at radius 3 is 2.82 bits per heavy atom. The molecule has 0 saturated heterocycles. The van der Waals surface area contributed by atoms with E-state index in [1.165, 1.54) is 12.4 Å². The van der Waals surface area contributed by atoms with Crippen LogP contribution < -0.4 is 10.6 Å². The average molecular weight is 238 g/mol. The van der Waals surface area contributed by atoms with E-state index in [2.05, 4.69) is 20.6 Å². The SMILES string of the molecule is CCOCCCNC(=O)c1cnc(NC)cn1. The summed E-state index contributed by atoms with van der Waals surface area (Å²) in [6.07, 6.45) is 3.76. The van der Waals surface area contributed by atoms with Crippen LogP contribution in [0.15, 0.2) is 12.4 Å². The number of carbonyl (C=O) groups excluding carboxylic acids is 1. The van der Waals surface area contributed by atoms with Gasteiger partial charge in [0.2, 0.25) is 0 Å². The largest absolute Gasteiger partial charge is 0.382 e. The maximum absolute atomic E-state index is 11.6. The molecule has 0 fully saturated rings. The first-order valence-corrected chi connectivity index (χ1v) is 5.63. The summed E-state index contributed by atoms with van der Waals surface area (Å²) in [7, 11) is 1.75. The van der Waals surface area contributed by atoms with E-state index in [1.807, 2.05) is 6.92 Å². The third kappa shape index (κ3) is 4.78. The fourth-order valence-electron chi connectivity index (χ4n) is 1.19. The lowest BCUT2D eigenvalue weighted by Crippen LogP contribution is -2.26. The molecule has 1 heterocycles. The molecular weight excluding hydrogens is 220 g/mol. The number of ether oxygens (including phenoxy) is 1. The zero-order valence-corrected chi connectivity index (χ0v) is 10.2. The normalized spacial score (nSPS) is 10.0. The molecule has 1 amide bonds. The summed E-state index contributed by atoms with van der Waals surface area (Å²) in [5.74, 6) is 0.426. The molecule has 0 atom stereocenters. The molecule has 0 unspecified atom stereocenters. The number of rotatable bonds is 7. The van der Waals surface area contributed by atoms with Gasteiger partial charge in [-0.15, -0.1) is 0 Å². The Balaban J connectivity index is 2.31. The molecule has 0 aliphatic rings. The summed E-state index contributed by atoms with van der Waals surface area (Å²) in [4.78, 5) is 19.6. The zero-order chi connectivity index (χ0) is 12.5. The van der Waals surface area contributed by atoms with Gasteiger partial charge in [0.15, 0.2) is 0 Å². The summed E-state index contributed by atoms with van der Waals surface area (Å²) in [6.45, 7) is 3.87. The summed E-state index contributed by atoms with van der Waals surface area (Å²) >= 11 is 0. The molecule has 1 aromatic heterocycles. The maximum atomic E-state index is 11.6. The maximum Gasteiger partial charge on any atom is 0.271 e. The van der Waals surface area contributed by atoms with Crippen molar-refractivity contribution in [2.24, 2.45) is 0 Å². The molecular formula is C11H18N4O2. The minimum atomic E-state index is -0.211.